The Morgan fingerprint density at radius 3 is 2.31 bits per heavy atom. The van der Waals surface area contributed by atoms with E-state index in [1.807, 2.05) is 35.4 Å². The zero-order chi connectivity index (χ0) is 41.2. The molecule has 0 bridgehead atoms. The zero-order valence-electron chi connectivity index (χ0n) is 33.5. The third-order valence-electron chi connectivity index (χ3n) is 13.2. The second-order valence-corrected chi connectivity index (χ2v) is 16.7. The van der Waals surface area contributed by atoms with Crippen molar-refractivity contribution in [1.82, 2.24) is 29.6 Å². The summed E-state index contributed by atoms with van der Waals surface area (Å²) in [5, 5.41) is 3.59. The molecule has 1 N–H and O–H groups in total. The number of ether oxygens (including phenoxy) is 2. The van der Waals surface area contributed by atoms with Crippen LogP contribution in [0.4, 0.5) is 5.69 Å². The van der Waals surface area contributed by atoms with Gasteiger partial charge in [0.2, 0.25) is 17.7 Å². The fourth-order valence-electron chi connectivity index (χ4n) is 9.82. The number of pyridine rings is 2. The maximum atomic E-state index is 13.5. The molecule has 4 saturated heterocycles. The molecule has 4 fully saturated rings. The van der Waals surface area contributed by atoms with Crippen LogP contribution in [0.15, 0.2) is 59.8 Å². The molecule has 1 unspecified atom stereocenters. The monoisotopic (exact) mass is 801 g/mol. The van der Waals surface area contributed by atoms with Crippen molar-refractivity contribution >= 4 is 46.0 Å². The molecule has 0 aliphatic carbocycles. The Hall–Kier alpha value is -6.09. The number of anilines is 1. The fraction of sp³-hybridized carbons (Fsp3) is 0.432. The summed E-state index contributed by atoms with van der Waals surface area (Å²) < 4.78 is 13.3. The van der Waals surface area contributed by atoms with Crippen LogP contribution < -0.4 is 25.2 Å². The highest BCUT2D eigenvalue weighted by atomic mass is 16.5. The summed E-state index contributed by atoms with van der Waals surface area (Å²) in [5.41, 5.74) is 4.06. The highest BCUT2D eigenvalue weighted by Crippen LogP contribution is 2.44. The molecule has 1 spiro atoms. The van der Waals surface area contributed by atoms with Gasteiger partial charge in [0, 0.05) is 95.5 Å². The molecular weight excluding hydrogens is 755 g/mol. The Kier molecular flexibility index (Phi) is 9.73. The highest BCUT2D eigenvalue weighted by Gasteiger charge is 2.46. The van der Waals surface area contributed by atoms with Crippen LogP contribution >= 0.6 is 0 Å². The predicted octanol–water partition coefficient (Wildman–Crippen LogP) is 3.36. The molecule has 0 saturated carbocycles. The van der Waals surface area contributed by atoms with Gasteiger partial charge in [0.15, 0.2) is 0 Å². The number of nitrogens with one attached hydrogen (secondary N) is 1. The number of nitrogens with zero attached hydrogens (tertiary/aromatic N) is 6. The van der Waals surface area contributed by atoms with Crippen molar-refractivity contribution in [2.45, 2.75) is 51.1 Å². The van der Waals surface area contributed by atoms with Gasteiger partial charge in [0.1, 0.15) is 17.5 Å². The molecule has 2 aromatic heterocycles. The van der Waals surface area contributed by atoms with Crippen LogP contribution in [0, 0.1) is 11.3 Å². The van der Waals surface area contributed by atoms with Crippen LogP contribution in [0.3, 0.4) is 0 Å². The summed E-state index contributed by atoms with van der Waals surface area (Å²) >= 11 is 0. The van der Waals surface area contributed by atoms with Crippen molar-refractivity contribution in [3.05, 3.63) is 82.0 Å². The molecule has 9 rings (SSSR count). The smallest absolute Gasteiger partial charge is 0.262 e. The molecule has 5 amide bonds. The topological polar surface area (TPSA) is 164 Å². The summed E-state index contributed by atoms with van der Waals surface area (Å²) in [4.78, 5) is 88.8. The van der Waals surface area contributed by atoms with Gasteiger partial charge in [-0.2, -0.15) is 0 Å². The van der Waals surface area contributed by atoms with E-state index in [0.29, 0.717) is 42.9 Å². The van der Waals surface area contributed by atoms with E-state index in [0.717, 1.165) is 78.1 Å². The number of likely N-dealkylation sites (tertiary alicyclic amines) is 2. The Bertz CT molecular complexity index is 2460. The van der Waals surface area contributed by atoms with Gasteiger partial charge in [-0.15, -0.1) is 0 Å². The first-order valence-electron chi connectivity index (χ1n) is 20.2. The molecule has 4 aromatic rings. The minimum Gasteiger partial charge on any atom is -0.496 e. The highest BCUT2D eigenvalue weighted by molar-refractivity contribution is 6.23. The molecule has 306 valence electrons. The molecule has 15 heteroatoms. The average molecular weight is 802 g/mol. The van der Waals surface area contributed by atoms with Crippen molar-refractivity contribution < 1.29 is 33.4 Å². The maximum Gasteiger partial charge on any atom is 0.262 e. The first-order chi connectivity index (χ1) is 28.5. The number of carbonyl (C=O) groups is 5. The number of amides is 5. The van der Waals surface area contributed by atoms with E-state index in [9.17, 15) is 28.8 Å². The van der Waals surface area contributed by atoms with Crippen molar-refractivity contribution in [1.29, 1.82) is 0 Å². The second kappa shape index (κ2) is 14.9. The predicted molar refractivity (Wildman–Crippen MR) is 217 cm³/mol. The van der Waals surface area contributed by atoms with Crippen LogP contribution in [-0.2, 0) is 28.0 Å². The standard InChI is InChI=1S/C44H47N7O8/c1-47-23-33(29-8-12-45-20-32(29)41(47)55)27-17-36(58-2)34(37(18-27)59-3)24-48-21-26(22-48)16-39(53)49-13-9-44(10-14-49)11-15-50(25-44)28-4-5-30-31(19-28)43(57)51(42(30)56)35-6-7-38(52)46-40(35)54/h4-5,8,12,17-20,23,26,35H,6-7,9-11,13-16,21-22,24-25H2,1-3H3,(H,46,52,54). The number of imide groups is 2. The number of carbonyl (C=O) groups excluding carboxylic acids is 5. The molecule has 0 radical (unpaired) electrons. The number of methoxy groups -OCH3 is 2. The average Bonchev–Trinajstić information content (AvgIpc) is 3.75. The summed E-state index contributed by atoms with van der Waals surface area (Å²) in [6.45, 7) is 5.24. The van der Waals surface area contributed by atoms with Crippen molar-refractivity contribution in [3.63, 3.8) is 0 Å². The van der Waals surface area contributed by atoms with Crippen LogP contribution in [-0.4, -0.2) is 113 Å². The lowest BCUT2D eigenvalue weighted by Crippen LogP contribution is -2.54. The number of benzene rings is 2. The molecule has 5 aliphatic heterocycles. The van der Waals surface area contributed by atoms with E-state index < -0.39 is 29.7 Å². The van der Waals surface area contributed by atoms with E-state index in [2.05, 4.69) is 20.1 Å². The number of aryl methyl sites for hydroxylation is 1. The summed E-state index contributed by atoms with van der Waals surface area (Å²) in [7, 11) is 5.02. The van der Waals surface area contributed by atoms with Crippen LogP contribution in [0.25, 0.3) is 21.9 Å². The molecule has 2 aromatic carbocycles. The molecule has 59 heavy (non-hydrogen) atoms. The van der Waals surface area contributed by atoms with E-state index in [-0.39, 0.29) is 46.8 Å². The van der Waals surface area contributed by atoms with Gasteiger partial charge in [-0.25, -0.2) is 0 Å². The first kappa shape index (κ1) is 38.4. The lowest BCUT2D eigenvalue weighted by Gasteiger charge is -2.42. The normalized spacial score (nSPS) is 20.7. The number of rotatable bonds is 9. The van der Waals surface area contributed by atoms with E-state index in [1.54, 1.807) is 50.4 Å². The Morgan fingerprint density at radius 2 is 1.59 bits per heavy atom. The number of piperidine rings is 2. The Labute approximate surface area is 340 Å². The molecular formula is C44H47N7O8. The lowest BCUT2D eigenvalue weighted by atomic mass is 9.77. The van der Waals surface area contributed by atoms with Gasteiger partial charge < -0.3 is 23.8 Å². The van der Waals surface area contributed by atoms with Crippen LogP contribution in [0.2, 0.25) is 0 Å². The number of hydrogen-bond acceptors (Lipinski definition) is 11. The van der Waals surface area contributed by atoms with E-state index >= 15 is 0 Å². The fourth-order valence-corrected chi connectivity index (χ4v) is 9.82. The third-order valence-corrected chi connectivity index (χ3v) is 13.2. The van der Waals surface area contributed by atoms with Gasteiger partial charge in [0.25, 0.3) is 17.4 Å². The summed E-state index contributed by atoms with van der Waals surface area (Å²) in [6, 6.07) is 10.1. The Balaban J connectivity index is 0.783. The third kappa shape index (κ3) is 6.80. The van der Waals surface area contributed by atoms with Crippen molar-refractivity contribution in [3.8, 4) is 22.6 Å². The SMILES string of the molecule is COc1cc(-c2cn(C)c(=O)c3cnccc23)cc(OC)c1CN1CC(CC(=O)N2CCC3(CC2)CCN(c2ccc4c(c2)C(=O)N(C2CCC(=O)NC2=O)C4=O)C3)C1. The summed E-state index contributed by atoms with van der Waals surface area (Å²) in [5.74, 6) is -0.183. The first-order valence-corrected chi connectivity index (χ1v) is 20.2. The van der Waals surface area contributed by atoms with E-state index in [4.69, 9.17) is 9.47 Å². The number of aromatic nitrogens is 2. The summed E-state index contributed by atoms with van der Waals surface area (Å²) in [6.07, 6.45) is 8.59. The molecule has 7 heterocycles. The quantitative estimate of drug-likeness (QED) is 0.247. The minimum atomic E-state index is -0.993. The van der Waals surface area contributed by atoms with Crippen LogP contribution in [0.1, 0.15) is 64.8 Å². The Morgan fingerprint density at radius 1 is 0.881 bits per heavy atom. The van der Waals surface area contributed by atoms with Gasteiger partial charge in [-0.05, 0) is 84.4 Å². The van der Waals surface area contributed by atoms with Crippen molar-refractivity contribution in [2.24, 2.45) is 18.4 Å². The van der Waals surface area contributed by atoms with Gasteiger partial charge in [0.05, 0.1) is 36.3 Å². The largest absolute Gasteiger partial charge is 0.496 e. The molecule has 15 nitrogen and oxygen atoms in total. The lowest BCUT2D eigenvalue weighted by molar-refractivity contribution is -0.137. The van der Waals surface area contributed by atoms with Gasteiger partial charge in [-0.3, -0.25) is 48.9 Å². The maximum absolute atomic E-state index is 13.5. The van der Waals surface area contributed by atoms with E-state index in [1.165, 1.54) is 0 Å². The van der Waals surface area contributed by atoms with Gasteiger partial charge >= 0.3 is 0 Å². The number of hydrogen-bond donors (Lipinski definition) is 1. The molecule has 1 atom stereocenters. The van der Waals surface area contributed by atoms with Crippen LogP contribution in [0.5, 0.6) is 11.5 Å². The minimum absolute atomic E-state index is 0.0662. The zero-order valence-corrected chi connectivity index (χ0v) is 33.5. The number of fused-ring (bicyclic) bond motifs is 2. The van der Waals surface area contributed by atoms with Gasteiger partial charge in [-0.1, -0.05) is 0 Å². The second-order valence-electron chi connectivity index (χ2n) is 16.7. The van der Waals surface area contributed by atoms with Crippen molar-refractivity contribution in [2.75, 3.05) is 58.4 Å². The molecule has 5 aliphatic rings.